The minimum Gasteiger partial charge on any atom is -0.454 e. The van der Waals surface area contributed by atoms with Gasteiger partial charge in [-0.05, 0) is 25.0 Å². The van der Waals surface area contributed by atoms with Crippen LogP contribution in [0, 0.1) is 0 Å². The van der Waals surface area contributed by atoms with E-state index in [2.05, 4.69) is 5.32 Å². The molecule has 1 aromatic rings. The van der Waals surface area contributed by atoms with E-state index in [9.17, 15) is 14.4 Å². The molecule has 0 spiro atoms. The number of esters is 1. The Kier molecular flexibility index (Phi) is 5.24. The van der Waals surface area contributed by atoms with Crippen molar-refractivity contribution in [1.29, 1.82) is 0 Å². The number of carbonyl (C=O) groups is 3. The number of amides is 2. The number of halogens is 1. The molecule has 1 N–H and O–H groups in total. The van der Waals surface area contributed by atoms with E-state index in [-0.39, 0.29) is 23.9 Å². The minimum absolute atomic E-state index is 0.0300. The molecule has 134 valence electrons. The van der Waals surface area contributed by atoms with Crippen LogP contribution in [0.25, 0.3) is 0 Å². The number of nitrogens with one attached hydrogen (secondary N) is 1. The van der Waals surface area contributed by atoms with Crippen molar-refractivity contribution in [3.63, 3.8) is 0 Å². The van der Waals surface area contributed by atoms with Crippen LogP contribution in [-0.4, -0.2) is 46.0 Å². The van der Waals surface area contributed by atoms with E-state index < -0.39 is 17.9 Å². The van der Waals surface area contributed by atoms with Crippen LogP contribution in [0.1, 0.15) is 25.3 Å². The molecule has 1 aromatic carbocycles. The summed E-state index contributed by atoms with van der Waals surface area (Å²) in [4.78, 5) is 37.5. The maximum Gasteiger partial charge on any atom is 0.330 e. The van der Waals surface area contributed by atoms with Gasteiger partial charge in [0.2, 0.25) is 5.91 Å². The number of ether oxygens (including phenoxy) is 1. The minimum atomic E-state index is -0.610. The number of hydrogen-bond acceptors (Lipinski definition) is 5. The molecule has 2 heterocycles. The smallest absolute Gasteiger partial charge is 0.330 e. The molecule has 2 saturated heterocycles. The zero-order valence-electron chi connectivity index (χ0n) is 13.8. The second-order valence-corrected chi connectivity index (χ2v) is 8.15. The van der Waals surface area contributed by atoms with Crippen molar-refractivity contribution >= 4 is 41.1 Å². The topological polar surface area (TPSA) is 75.7 Å². The van der Waals surface area contributed by atoms with Crippen LogP contribution in [0.2, 0.25) is 5.02 Å². The first-order chi connectivity index (χ1) is 11.9. The van der Waals surface area contributed by atoms with Crippen molar-refractivity contribution in [1.82, 2.24) is 10.2 Å². The van der Waals surface area contributed by atoms with Gasteiger partial charge in [0.15, 0.2) is 6.61 Å². The highest BCUT2D eigenvalue weighted by Crippen LogP contribution is 2.47. The number of benzene rings is 1. The first kappa shape index (κ1) is 18.1. The highest BCUT2D eigenvalue weighted by atomic mass is 35.5. The van der Waals surface area contributed by atoms with Crippen molar-refractivity contribution in [2.24, 2.45) is 0 Å². The number of carbonyl (C=O) groups excluding carboxylic acids is 3. The molecule has 0 bridgehead atoms. The van der Waals surface area contributed by atoms with Crippen LogP contribution < -0.4 is 5.32 Å². The molecular weight excluding hydrogens is 364 g/mol. The van der Waals surface area contributed by atoms with Crippen LogP contribution in [-0.2, 0) is 25.7 Å². The van der Waals surface area contributed by atoms with Crippen molar-refractivity contribution in [3.05, 3.63) is 34.9 Å². The Hall–Kier alpha value is -1.73. The van der Waals surface area contributed by atoms with Crippen molar-refractivity contribution in [2.75, 3.05) is 12.4 Å². The first-order valence-corrected chi connectivity index (χ1v) is 9.40. The van der Waals surface area contributed by atoms with E-state index in [1.807, 2.05) is 25.1 Å². The Morgan fingerprint density at radius 3 is 2.96 bits per heavy atom. The van der Waals surface area contributed by atoms with Crippen LogP contribution in [0.4, 0.5) is 0 Å². The number of thioether (sulfide) groups is 1. The van der Waals surface area contributed by atoms with Crippen molar-refractivity contribution < 1.29 is 19.1 Å². The number of fused-ring (bicyclic) bond motifs is 1. The van der Waals surface area contributed by atoms with Gasteiger partial charge in [-0.3, -0.25) is 9.59 Å². The van der Waals surface area contributed by atoms with Gasteiger partial charge in [0.25, 0.3) is 5.91 Å². The third-order valence-electron chi connectivity index (χ3n) is 4.50. The summed E-state index contributed by atoms with van der Waals surface area (Å²) < 4.78 is 5.12. The molecule has 2 aliphatic heterocycles. The van der Waals surface area contributed by atoms with Gasteiger partial charge in [0.1, 0.15) is 6.04 Å². The molecule has 25 heavy (non-hydrogen) atoms. The lowest BCUT2D eigenvalue weighted by Crippen LogP contribution is -2.47. The van der Waals surface area contributed by atoms with Gasteiger partial charge in [0, 0.05) is 23.7 Å². The van der Waals surface area contributed by atoms with E-state index in [4.69, 9.17) is 16.3 Å². The first-order valence-electron chi connectivity index (χ1n) is 8.03. The van der Waals surface area contributed by atoms with Crippen LogP contribution in [0.15, 0.2) is 24.3 Å². The fourth-order valence-corrected chi connectivity index (χ4v) is 4.73. The summed E-state index contributed by atoms with van der Waals surface area (Å²) in [5.74, 6) is -0.464. The van der Waals surface area contributed by atoms with Crippen LogP contribution in [0.5, 0.6) is 0 Å². The van der Waals surface area contributed by atoms with E-state index in [0.717, 1.165) is 12.0 Å². The Morgan fingerprint density at radius 1 is 1.44 bits per heavy atom. The zero-order valence-corrected chi connectivity index (χ0v) is 15.4. The lowest BCUT2D eigenvalue weighted by Gasteiger charge is -2.29. The summed E-state index contributed by atoms with van der Waals surface area (Å²) in [5.41, 5.74) is 0.787. The number of nitrogens with zero attached hydrogens (tertiary/aromatic N) is 1. The van der Waals surface area contributed by atoms with Gasteiger partial charge < -0.3 is 15.0 Å². The summed E-state index contributed by atoms with van der Waals surface area (Å²) >= 11 is 7.61. The second kappa shape index (κ2) is 7.25. The monoisotopic (exact) mass is 382 g/mol. The maximum atomic E-state index is 12.3. The highest BCUT2D eigenvalue weighted by Gasteiger charge is 2.53. The predicted molar refractivity (Wildman–Crippen MR) is 95.0 cm³/mol. The molecule has 0 aromatic heterocycles. The van der Waals surface area contributed by atoms with E-state index in [0.29, 0.717) is 17.2 Å². The maximum absolute atomic E-state index is 12.3. The molecule has 3 rings (SSSR count). The van der Waals surface area contributed by atoms with Crippen LogP contribution >= 0.6 is 23.4 Å². The molecule has 0 aliphatic carbocycles. The fraction of sp³-hybridized carbons (Fsp3) is 0.471. The summed E-state index contributed by atoms with van der Waals surface area (Å²) in [6.07, 6.45) is 1.18. The zero-order chi connectivity index (χ0) is 18.0. The quantitative estimate of drug-likeness (QED) is 0.788. The van der Waals surface area contributed by atoms with Gasteiger partial charge in [-0.2, -0.15) is 0 Å². The van der Waals surface area contributed by atoms with Gasteiger partial charge in [-0.1, -0.05) is 29.8 Å². The summed E-state index contributed by atoms with van der Waals surface area (Å²) in [7, 11) is 0. The second-order valence-electron chi connectivity index (χ2n) is 6.24. The molecule has 8 heteroatoms. The van der Waals surface area contributed by atoms with E-state index in [1.165, 1.54) is 0 Å². The van der Waals surface area contributed by atoms with Crippen molar-refractivity contribution in [3.8, 4) is 0 Å². The summed E-state index contributed by atoms with van der Waals surface area (Å²) in [6.45, 7) is 1.85. The predicted octanol–water partition coefficient (Wildman–Crippen LogP) is 1.95. The van der Waals surface area contributed by atoms with Gasteiger partial charge in [0.05, 0.1) is 4.87 Å². The lowest BCUT2D eigenvalue weighted by atomic mass is 10.2. The van der Waals surface area contributed by atoms with Crippen LogP contribution in [0.3, 0.4) is 0 Å². The van der Waals surface area contributed by atoms with E-state index >= 15 is 0 Å². The third-order valence-corrected chi connectivity index (χ3v) is 6.37. The Balaban J connectivity index is 1.48. The van der Waals surface area contributed by atoms with Gasteiger partial charge >= 0.3 is 5.97 Å². The van der Waals surface area contributed by atoms with Gasteiger partial charge in [-0.25, -0.2) is 4.79 Å². The lowest BCUT2D eigenvalue weighted by molar-refractivity contribution is -0.156. The largest absolute Gasteiger partial charge is 0.454 e. The molecule has 6 nitrogen and oxygen atoms in total. The molecule has 2 aliphatic rings. The molecule has 2 amide bonds. The molecule has 0 radical (unpaired) electrons. The average molecular weight is 383 g/mol. The Morgan fingerprint density at radius 2 is 2.20 bits per heavy atom. The van der Waals surface area contributed by atoms with Gasteiger partial charge in [-0.15, -0.1) is 11.8 Å². The Labute approximate surface area is 155 Å². The fourth-order valence-electron chi connectivity index (χ4n) is 3.11. The average Bonchev–Trinajstić information content (AvgIpc) is 3.08. The normalized spacial score (nSPS) is 25.0. The molecule has 2 atom stereocenters. The highest BCUT2D eigenvalue weighted by molar-refractivity contribution is 8.01. The van der Waals surface area contributed by atoms with Crippen molar-refractivity contribution in [2.45, 2.75) is 37.2 Å². The molecule has 0 unspecified atom stereocenters. The standard InChI is InChI=1S/C17H19ClN2O4S/c1-17-7-6-15(22)20(17)13(10-25-17)16(23)24-9-14(21)19-8-11-4-2-3-5-12(11)18/h2-5,13H,6-10H2,1H3,(H,19,21)/t13-,17+/m0/s1. The number of rotatable bonds is 5. The molecular formula is C17H19ClN2O4S. The summed E-state index contributed by atoms with van der Waals surface area (Å²) in [6, 6.07) is 6.58. The third kappa shape index (κ3) is 3.77. The SMILES string of the molecule is C[C@@]12CCC(=O)N1[C@H](C(=O)OCC(=O)NCc1ccccc1Cl)CS2. The summed E-state index contributed by atoms with van der Waals surface area (Å²) in [5, 5.41) is 3.23. The Bertz CT molecular complexity index is 714. The molecule has 2 fully saturated rings. The molecule has 0 saturated carbocycles. The number of hydrogen-bond donors (Lipinski definition) is 1. The van der Waals surface area contributed by atoms with E-state index in [1.54, 1.807) is 22.7 Å².